The normalized spacial score (nSPS) is 13.6. The van der Waals surface area contributed by atoms with Crippen LogP contribution in [-0.2, 0) is 12.5 Å². The van der Waals surface area contributed by atoms with Crippen LogP contribution in [0.2, 0.25) is 0 Å². The second kappa shape index (κ2) is 5.88. The molecule has 0 atom stereocenters. The number of aromatic amines is 1. The van der Waals surface area contributed by atoms with E-state index in [-0.39, 0.29) is 23.6 Å². The van der Waals surface area contributed by atoms with Gasteiger partial charge in [0.1, 0.15) is 11.4 Å². The molecule has 1 aliphatic rings. The lowest BCUT2D eigenvalue weighted by Crippen LogP contribution is -2.36. The number of aryl methyl sites for hydroxylation is 1. The summed E-state index contributed by atoms with van der Waals surface area (Å²) in [4.78, 5) is 18.3. The molecule has 3 aromatic rings. The molecule has 134 valence electrons. The van der Waals surface area contributed by atoms with E-state index in [1.165, 1.54) is 29.3 Å². The van der Waals surface area contributed by atoms with Gasteiger partial charge in [0.15, 0.2) is 17.3 Å². The van der Waals surface area contributed by atoms with Gasteiger partial charge in [0.2, 0.25) is 0 Å². The fourth-order valence-corrected chi connectivity index (χ4v) is 2.54. The number of hydrogen-bond acceptors (Lipinski definition) is 8. The van der Waals surface area contributed by atoms with Crippen molar-refractivity contribution in [3.8, 4) is 0 Å². The molecule has 1 aliphatic heterocycles. The molecule has 4 rings (SSSR count). The Labute approximate surface area is 145 Å². The molecule has 0 saturated carbocycles. The summed E-state index contributed by atoms with van der Waals surface area (Å²) < 4.78 is 34.2. The van der Waals surface area contributed by atoms with Crippen molar-refractivity contribution >= 4 is 11.5 Å². The average Bonchev–Trinajstić information content (AvgIpc) is 3.23. The number of hydrazine groups is 2. The molecule has 3 heterocycles. The highest BCUT2D eigenvalue weighted by molar-refractivity contribution is 5.67. The molecule has 26 heavy (non-hydrogen) atoms. The number of halogens is 2. The number of nitrogens with zero attached hydrogens (tertiary/aromatic N) is 4. The quantitative estimate of drug-likeness (QED) is 0.640. The van der Waals surface area contributed by atoms with Gasteiger partial charge in [-0.15, -0.1) is 5.53 Å². The van der Waals surface area contributed by atoms with E-state index in [2.05, 4.69) is 35.9 Å². The molecule has 3 N–H and O–H groups in total. The Balaban J connectivity index is 1.74. The van der Waals surface area contributed by atoms with E-state index in [4.69, 9.17) is 0 Å². The Morgan fingerprint density at radius 2 is 2.00 bits per heavy atom. The van der Waals surface area contributed by atoms with Crippen molar-refractivity contribution < 1.29 is 13.4 Å². The molecular formula is C15H13F2N7O2. The fourth-order valence-electron chi connectivity index (χ4n) is 2.54. The van der Waals surface area contributed by atoms with Crippen molar-refractivity contribution in [1.82, 2.24) is 25.8 Å². The maximum Gasteiger partial charge on any atom is 0.330 e. The van der Waals surface area contributed by atoms with Crippen LogP contribution in [0, 0.1) is 6.92 Å². The van der Waals surface area contributed by atoms with E-state index in [1.807, 2.05) is 0 Å². The molecule has 0 amide bonds. The van der Waals surface area contributed by atoms with Crippen molar-refractivity contribution in [2.75, 3.05) is 10.4 Å². The lowest BCUT2D eigenvalue weighted by molar-refractivity contribution is 0.0327. The summed E-state index contributed by atoms with van der Waals surface area (Å²) in [5.74, 6) is -4.19. The third-order valence-corrected chi connectivity index (χ3v) is 3.96. The second-order valence-corrected chi connectivity index (χ2v) is 5.67. The van der Waals surface area contributed by atoms with Crippen LogP contribution in [0.3, 0.4) is 0 Å². The summed E-state index contributed by atoms with van der Waals surface area (Å²) in [6.07, 6.45) is 0. The summed E-state index contributed by atoms with van der Waals surface area (Å²) in [5.41, 5.74) is 5.37. The third kappa shape index (κ3) is 2.58. The van der Waals surface area contributed by atoms with Crippen LogP contribution in [0.25, 0.3) is 0 Å². The van der Waals surface area contributed by atoms with Gasteiger partial charge >= 0.3 is 5.92 Å². The molecule has 0 unspecified atom stereocenters. The standard InChI is InChI=1S/C15H13F2N7O2/c1-8-10(22-26-21-8)7-24-12-11(20-23-24)13(25)19-14(18-12)15(16,17)9-5-3-2-4-6-9/h2-6,20,23H,7H2,1H3,(H,18,19,25). The summed E-state index contributed by atoms with van der Waals surface area (Å²) in [6, 6.07) is 7.15. The smallest absolute Gasteiger partial charge is 0.303 e. The van der Waals surface area contributed by atoms with Crippen molar-refractivity contribution in [2.45, 2.75) is 19.4 Å². The predicted molar refractivity (Wildman–Crippen MR) is 86.3 cm³/mol. The number of nitrogens with one attached hydrogen (secondary N) is 3. The van der Waals surface area contributed by atoms with Crippen LogP contribution in [0.15, 0.2) is 39.8 Å². The minimum Gasteiger partial charge on any atom is -0.303 e. The molecule has 0 fully saturated rings. The zero-order valence-electron chi connectivity index (χ0n) is 13.5. The van der Waals surface area contributed by atoms with Gasteiger partial charge < -0.3 is 4.98 Å². The molecule has 0 aliphatic carbocycles. The molecule has 0 radical (unpaired) electrons. The summed E-state index contributed by atoms with van der Waals surface area (Å²) in [7, 11) is 0. The topological polar surface area (TPSA) is 112 Å². The zero-order valence-corrected chi connectivity index (χ0v) is 13.5. The first-order valence-corrected chi connectivity index (χ1v) is 7.62. The second-order valence-electron chi connectivity index (χ2n) is 5.67. The SMILES string of the molecule is Cc1nonc1CN1NNc2c1nc(C(F)(F)c1ccccc1)[nH]c2=O. The van der Waals surface area contributed by atoms with E-state index >= 15 is 0 Å². The molecule has 1 aromatic carbocycles. The number of fused-ring (bicyclic) bond motifs is 1. The van der Waals surface area contributed by atoms with Gasteiger partial charge in [0.25, 0.3) is 5.56 Å². The molecule has 0 spiro atoms. The number of rotatable bonds is 4. The van der Waals surface area contributed by atoms with Crippen molar-refractivity contribution in [3.05, 3.63) is 63.5 Å². The van der Waals surface area contributed by atoms with Gasteiger partial charge in [-0.2, -0.15) is 8.78 Å². The third-order valence-electron chi connectivity index (χ3n) is 3.96. The largest absolute Gasteiger partial charge is 0.330 e. The van der Waals surface area contributed by atoms with Crippen molar-refractivity contribution in [2.24, 2.45) is 0 Å². The zero-order chi connectivity index (χ0) is 18.3. The average molecular weight is 361 g/mol. The molecule has 0 bridgehead atoms. The minimum absolute atomic E-state index is 0.0294. The first kappa shape index (κ1) is 16.1. The molecule has 2 aromatic heterocycles. The van der Waals surface area contributed by atoms with Gasteiger partial charge in [-0.25, -0.2) is 9.61 Å². The van der Waals surface area contributed by atoms with Crippen molar-refractivity contribution in [1.29, 1.82) is 0 Å². The fraction of sp³-hybridized carbons (Fsp3) is 0.200. The van der Waals surface area contributed by atoms with Gasteiger partial charge in [-0.05, 0) is 6.92 Å². The highest BCUT2D eigenvalue weighted by Crippen LogP contribution is 2.35. The van der Waals surface area contributed by atoms with Crippen LogP contribution >= 0.6 is 0 Å². The van der Waals surface area contributed by atoms with Crippen LogP contribution in [0.4, 0.5) is 20.3 Å². The van der Waals surface area contributed by atoms with Gasteiger partial charge in [0, 0.05) is 5.56 Å². The number of aromatic nitrogens is 4. The number of anilines is 2. The minimum atomic E-state index is -3.46. The Morgan fingerprint density at radius 3 is 2.69 bits per heavy atom. The Morgan fingerprint density at radius 1 is 1.23 bits per heavy atom. The predicted octanol–water partition coefficient (Wildman–Crippen LogP) is 1.45. The van der Waals surface area contributed by atoms with Crippen LogP contribution < -0.4 is 21.5 Å². The molecule has 11 heteroatoms. The Bertz CT molecular complexity index is 1000. The summed E-state index contributed by atoms with van der Waals surface area (Å²) in [6.45, 7) is 1.80. The maximum atomic E-state index is 14.8. The summed E-state index contributed by atoms with van der Waals surface area (Å²) >= 11 is 0. The first-order chi connectivity index (χ1) is 12.5. The Hall–Kier alpha value is -3.34. The lowest BCUT2D eigenvalue weighted by Gasteiger charge is -2.18. The van der Waals surface area contributed by atoms with Gasteiger partial charge in [-0.3, -0.25) is 15.2 Å². The Kier molecular flexibility index (Phi) is 3.65. The lowest BCUT2D eigenvalue weighted by atomic mass is 10.1. The number of hydrogen-bond donors (Lipinski definition) is 3. The number of H-pyrrole nitrogens is 1. The molecular weight excluding hydrogens is 348 g/mol. The number of alkyl halides is 2. The highest BCUT2D eigenvalue weighted by atomic mass is 19.3. The monoisotopic (exact) mass is 361 g/mol. The van der Waals surface area contributed by atoms with E-state index < -0.39 is 17.3 Å². The highest BCUT2D eigenvalue weighted by Gasteiger charge is 2.39. The maximum absolute atomic E-state index is 14.8. The van der Waals surface area contributed by atoms with E-state index in [9.17, 15) is 13.6 Å². The van der Waals surface area contributed by atoms with Gasteiger partial charge in [0.05, 0.1) is 6.54 Å². The van der Waals surface area contributed by atoms with Gasteiger partial charge in [-0.1, -0.05) is 40.6 Å². The van der Waals surface area contributed by atoms with E-state index in [0.717, 1.165) is 0 Å². The van der Waals surface area contributed by atoms with Crippen LogP contribution in [0.1, 0.15) is 22.8 Å². The number of benzene rings is 1. The van der Waals surface area contributed by atoms with Crippen LogP contribution in [0.5, 0.6) is 0 Å². The molecule has 9 nitrogen and oxygen atoms in total. The summed E-state index contributed by atoms with van der Waals surface area (Å²) in [5, 5.41) is 8.77. The molecule has 0 saturated heterocycles. The van der Waals surface area contributed by atoms with Crippen molar-refractivity contribution in [3.63, 3.8) is 0 Å². The van der Waals surface area contributed by atoms with E-state index in [0.29, 0.717) is 11.4 Å². The van der Waals surface area contributed by atoms with Crippen LogP contribution in [-0.4, -0.2) is 20.3 Å². The van der Waals surface area contributed by atoms with E-state index in [1.54, 1.807) is 13.0 Å². The first-order valence-electron chi connectivity index (χ1n) is 7.62.